The number of piperidine rings is 1. The standard InChI is InChI=1S/C16H22N4O2/c1-12-5-6-14(17-8-12)9-20-7-3-4-15(10-20)21-11-16-18-13(2)22-19-16/h5-6,8,15H,3-4,7,9-11H2,1-2H3. The van der Waals surface area contributed by atoms with E-state index < -0.39 is 0 Å². The SMILES string of the molecule is Cc1ccc(CN2CCCC(OCc3noc(C)n3)C2)nc1. The average Bonchev–Trinajstić information content (AvgIpc) is 2.94. The molecule has 1 aliphatic heterocycles. The van der Waals surface area contributed by atoms with Gasteiger partial charge in [-0.3, -0.25) is 9.88 Å². The lowest BCUT2D eigenvalue weighted by Crippen LogP contribution is -2.39. The van der Waals surface area contributed by atoms with Gasteiger partial charge in [0.25, 0.3) is 0 Å². The van der Waals surface area contributed by atoms with Gasteiger partial charge < -0.3 is 9.26 Å². The number of hydrogen-bond donors (Lipinski definition) is 0. The van der Waals surface area contributed by atoms with Gasteiger partial charge in [0.15, 0.2) is 5.82 Å². The van der Waals surface area contributed by atoms with Crippen LogP contribution in [0.15, 0.2) is 22.9 Å². The second kappa shape index (κ2) is 6.98. The molecule has 0 spiro atoms. The van der Waals surface area contributed by atoms with Crippen LogP contribution in [0.1, 0.15) is 35.8 Å². The monoisotopic (exact) mass is 302 g/mol. The van der Waals surface area contributed by atoms with Crippen molar-refractivity contribution >= 4 is 0 Å². The van der Waals surface area contributed by atoms with Crippen LogP contribution in [0, 0.1) is 13.8 Å². The second-order valence-electron chi connectivity index (χ2n) is 5.87. The van der Waals surface area contributed by atoms with Gasteiger partial charge in [0.2, 0.25) is 5.89 Å². The van der Waals surface area contributed by atoms with E-state index in [-0.39, 0.29) is 6.10 Å². The van der Waals surface area contributed by atoms with Gasteiger partial charge in [0.05, 0.1) is 11.8 Å². The third kappa shape index (κ3) is 4.11. The van der Waals surface area contributed by atoms with Gasteiger partial charge >= 0.3 is 0 Å². The van der Waals surface area contributed by atoms with Crippen LogP contribution in [0.4, 0.5) is 0 Å². The maximum absolute atomic E-state index is 5.92. The number of likely N-dealkylation sites (tertiary alicyclic amines) is 1. The molecular weight excluding hydrogens is 280 g/mol. The molecule has 3 heterocycles. The molecule has 0 aliphatic carbocycles. The van der Waals surface area contributed by atoms with Crippen molar-refractivity contribution < 1.29 is 9.26 Å². The molecule has 0 radical (unpaired) electrons. The molecule has 1 atom stereocenters. The molecule has 118 valence electrons. The minimum absolute atomic E-state index is 0.220. The van der Waals surface area contributed by atoms with Crippen LogP contribution in [0.5, 0.6) is 0 Å². The Kier molecular flexibility index (Phi) is 4.80. The van der Waals surface area contributed by atoms with Crippen LogP contribution in [0.25, 0.3) is 0 Å². The van der Waals surface area contributed by atoms with Gasteiger partial charge in [-0.1, -0.05) is 11.2 Å². The van der Waals surface area contributed by atoms with Gasteiger partial charge in [-0.05, 0) is 37.9 Å². The largest absolute Gasteiger partial charge is 0.369 e. The van der Waals surface area contributed by atoms with Crippen molar-refractivity contribution in [1.29, 1.82) is 0 Å². The molecule has 1 fully saturated rings. The summed E-state index contributed by atoms with van der Waals surface area (Å²) in [7, 11) is 0. The van der Waals surface area contributed by atoms with Gasteiger partial charge in [0, 0.05) is 26.2 Å². The van der Waals surface area contributed by atoms with Gasteiger partial charge in [0.1, 0.15) is 6.61 Å². The van der Waals surface area contributed by atoms with Crippen LogP contribution in [-0.4, -0.2) is 39.2 Å². The van der Waals surface area contributed by atoms with Crippen molar-refractivity contribution in [1.82, 2.24) is 20.0 Å². The van der Waals surface area contributed by atoms with E-state index in [2.05, 4.69) is 39.1 Å². The van der Waals surface area contributed by atoms with Crippen molar-refractivity contribution in [2.24, 2.45) is 0 Å². The number of ether oxygens (including phenoxy) is 1. The number of pyridine rings is 1. The van der Waals surface area contributed by atoms with Crippen molar-refractivity contribution in [3.63, 3.8) is 0 Å². The quantitative estimate of drug-likeness (QED) is 0.844. The lowest BCUT2D eigenvalue weighted by Gasteiger charge is -2.32. The molecule has 6 heteroatoms. The number of rotatable bonds is 5. The normalized spacial score (nSPS) is 19.5. The zero-order valence-corrected chi connectivity index (χ0v) is 13.2. The van der Waals surface area contributed by atoms with Gasteiger partial charge in [-0.25, -0.2) is 0 Å². The lowest BCUT2D eigenvalue weighted by molar-refractivity contribution is -0.0153. The first-order valence-corrected chi connectivity index (χ1v) is 7.74. The summed E-state index contributed by atoms with van der Waals surface area (Å²) in [6, 6.07) is 4.21. The molecule has 1 aliphatic rings. The molecular formula is C16H22N4O2. The fourth-order valence-corrected chi connectivity index (χ4v) is 2.71. The average molecular weight is 302 g/mol. The number of aromatic nitrogens is 3. The molecule has 0 amide bonds. The second-order valence-corrected chi connectivity index (χ2v) is 5.87. The van der Waals surface area contributed by atoms with Crippen LogP contribution < -0.4 is 0 Å². The Labute approximate surface area is 130 Å². The van der Waals surface area contributed by atoms with Crippen molar-refractivity contribution in [3.8, 4) is 0 Å². The van der Waals surface area contributed by atoms with E-state index in [1.54, 1.807) is 6.92 Å². The lowest BCUT2D eigenvalue weighted by atomic mass is 10.1. The summed E-state index contributed by atoms with van der Waals surface area (Å²) >= 11 is 0. The van der Waals surface area contributed by atoms with Crippen LogP contribution in [-0.2, 0) is 17.9 Å². The van der Waals surface area contributed by atoms with Crippen LogP contribution in [0.2, 0.25) is 0 Å². The Balaban J connectivity index is 1.49. The molecule has 6 nitrogen and oxygen atoms in total. The van der Waals surface area contributed by atoms with E-state index in [4.69, 9.17) is 9.26 Å². The van der Waals surface area contributed by atoms with Crippen molar-refractivity contribution in [2.75, 3.05) is 13.1 Å². The van der Waals surface area contributed by atoms with E-state index >= 15 is 0 Å². The molecule has 0 aromatic carbocycles. The highest BCUT2D eigenvalue weighted by atomic mass is 16.5. The van der Waals surface area contributed by atoms with E-state index in [0.29, 0.717) is 18.3 Å². The smallest absolute Gasteiger partial charge is 0.223 e. The van der Waals surface area contributed by atoms with Crippen LogP contribution >= 0.6 is 0 Å². The maximum Gasteiger partial charge on any atom is 0.223 e. The molecule has 3 rings (SSSR count). The molecule has 0 N–H and O–H groups in total. The highest BCUT2D eigenvalue weighted by Gasteiger charge is 2.21. The van der Waals surface area contributed by atoms with E-state index in [0.717, 1.165) is 38.2 Å². The highest BCUT2D eigenvalue weighted by Crippen LogP contribution is 2.16. The first-order chi connectivity index (χ1) is 10.7. The zero-order valence-electron chi connectivity index (χ0n) is 13.2. The highest BCUT2D eigenvalue weighted by molar-refractivity contribution is 5.12. The van der Waals surface area contributed by atoms with Gasteiger partial charge in [-0.2, -0.15) is 4.98 Å². The Morgan fingerprint density at radius 1 is 1.36 bits per heavy atom. The fourth-order valence-electron chi connectivity index (χ4n) is 2.71. The number of aryl methyl sites for hydroxylation is 2. The predicted molar refractivity (Wildman–Crippen MR) is 81.1 cm³/mol. The molecule has 2 aromatic heterocycles. The summed E-state index contributed by atoms with van der Waals surface area (Å²) in [6.45, 7) is 7.15. The summed E-state index contributed by atoms with van der Waals surface area (Å²) < 4.78 is 10.9. The summed E-state index contributed by atoms with van der Waals surface area (Å²) in [5.41, 5.74) is 2.30. The Morgan fingerprint density at radius 3 is 3.00 bits per heavy atom. The molecule has 1 saturated heterocycles. The molecule has 0 saturated carbocycles. The number of hydrogen-bond acceptors (Lipinski definition) is 6. The number of nitrogens with zero attached hydrogens (tertiary/aromatic N) is 4. The predicted octanol–water partition coefficient (Wildman–Crippen LogP) is 2.26. The zero-order chi connectivity index (χ0) is 15.4. The molecule has 2 aromatic rings. The molecule has 22 heavy (non-hydrogen) atoms. The topological polar surface area (TPSA) is 64.3 Å². The minimum atomic E-state index is 0.220. The third-order valence-electron chi connectivity index (χ3n) is 3.84. The van der Waals surface area contributed by atoms with Gasteiger partial charge in [-0.15, -0.1) is 0 Å². The summed E-state index contributed by atoms with van der Waals surface area (Å²) in [6.07, 6.45) is 4.36. The first-order valence-electron chi connectivity index (χ1n) is 7.74. The maximum atomic E-state index is 5.92. The van der Waals surface area contributed by atoms with Crippen molar-refractivity contribution in [2.45, 2.75) is 45.9 Å². The Morgan fingerprint density at radius 2 is 2.27 bits per heavy atom. The summed E-state index contributed by atoms with van der Waals surface area (Å²) in [5.74, 6) is 1.20. The van der Waals surface area contributed by atoms with E-state index in [1.165, 1.54) is 5.56 Å². The van der Waals surface area contributed by atoms with E-state index in [1.807, 2.05) is 6.20 Å². The third-order valence-corrected chi connectivity index (χ3v) is 3.84. The minimum Gasteiger partial charge on any atom is -0.369 e. The summed E-state index contributed by atoms with van der Waals surface area (Å²) in [5, 5.41) is 3.86. The molecule has 0 bridgehead atoms. The van der Waals surface area contributed by atoms with Crippen LogP contribution in [0.3, 0.4) is 0 Å². The first kappa shape index (κ1) is 15.1. The van der Waals surface area contributed by atoms with E-state index in [9.17, 15) is 0 Å². The Bertz CT molecular complexity index is 596. The Hall–Kier alpha value is -1.79. The summed E-state index contributed by atoms with van der Waals surface area (Å²) in [4.78, 5) is 11.0. The fraction of sp³-hybridized carbons (Fsp3) is 0.562. The molecule has 1 unspecified atom stereocenters. The van der Waals surface area contributed by atoms with Crippen molar-refractivity contribution in [3.05, 3.63) is 41.3 Å².